The lowest BCUT2D eigenvalue weighted by Gasteiger charge is -2.20. The highest BCUT2D eigenvalue weighted by Gasteiger charge is 2.32. The largest absolute Gasteiger partial charge is 0.493 e. The SMILES string of the molecule is COc1cc2c(cc1OCCCC(=O)Nc1cc(C(=O)Nc3cc(C(=O)NCCCN(C)C)n(C)c3)n(C)n1)N=CC1CCCN1C2=O. The predicted octanol–water partition coefficient (Wildman–Crippen LogP) is 2.82. The first kappa shape index (κ1) is 34.2. The number of aromatic nitrogens is 3. The molecular weight excluding hydrogens is 618 g/mol. The highest BCUT2D eigenvalue weighted by molar-refractivity contribution is 6.05. The van der Waals surface area contributed by atoms with Crippen LogP contribution in [0.15, 0.2) is 35.5 Å². The van der Waals surface area contributed by atoms with Crippen molar-refractivity contribution < 1.29 is 28.7 Å². The van der Waals surface area contributed by atoms with E-state index in [1.54, 1.807) is 43.1 Å². The van der Waals surface area contributed by atoms with Gasteiger partial charge in [0, 0.05) is 58.1 Å². The molecule has 256 valence electrons. The predicted molar refractivity (Wildman–Crippen MR) is 181 cm³/mol. The van der Waals surface area contributed by atoms with Gasteiger partial charge in [0.05, 0.1) is 36.7 Å². The molecule has 0 bridgehead atoms. The van der Waals surface area contributed by atoms with E-state index in [1.807, 2.05) is 30.1 Å². The quantitative estimate of drug-likeness (QED) is 0.222. The molecule has 4 amide bonds. The molecule has 1 atom stereocenters. The molecular formula is C33H43N9O6. The lowest BCUT2D eigenvalue weighted by atomic mass is 10.1. The van der Waals surface area contributed by atoms with Crippen molar-refractivity contribution in [3.8, 4) is 11.5 Å². The van der Waals surface area contributed by atoms with Gasteiger partial charge in [-0.25, -0.2) is 0 Å². The van der Waals surface area contributed by atoms with Crippen molar-refractivity contribution in [3.63, 3.8) is 0 Å². The molecule has 0 saturated carbocycles. The molecule has 0 spiro atoms. The minimum Gasteiger partial charge on any atom is -0.493 e. The lowest BCUT2D eigenvalue weighted by molar-refractivity contribution is -0.116. The van der Waals surface area contributed by atoms with Gasteiger partial charge in [-0.15, -0.1) is 0 Å². The average molecular weight is 662 g/mol. The van der Waals surface area contributed by atoms with Crippen molar-refractivity contribution in [3.05, 3.63) is 47.4 Å². The molecule has 15 heteroatoms. The summed E-state index contributed by atoms with van der Waals surface area (Å²) in [4.78, 5) is 59.8. The zero-order valence-corrected chi connectivity index (χ0v) is 28.0. The second-order valence-corrected chi connectivity index (χ2v) is 12.1. The summed E-state index contributed by atoms with van der Waals surface area (Å²) in [5.74, 6) is 0.0634. The molecule has 15 nitrogen and oxygen atoms in total. The standard InChI is InChI=1S/C33H43N9O6/c1-39(2)12-8-11-34-31(44)25-15-21(20-40(25)3)36-32(45)26-18-29(38-41(26)4)37-30(43)10-7-14-48-28-17-24-23(16-27(28)47-5)33(46)42-13-6-9-22(42)19-35-24/h15-20,22H,6-14H2,1-5H3,(H,34,44)(H,36,45)(H,37,38,43). The molecule has 2 aliphatic heterocycles. The average Bonchev–Trinajstić information content (AvgIpc) is 3.75. The number of rotatable bonds is 14. The van der Waals surface area contributed by atoms with Crippen molar-refractivity contribution in [2.45, 2.75) is 38.1 Å². The molecule has 4 heterocycles. The second-order valence-electron chi connectivity index (χ2n) is 12.1. The van der Waals surface area contributed by atoms with Crippen LogP contribution in [0.3, 0.4) is 0 Å². The van der Waals surface area contributed by atoms with Gasteiger partial charge in [0.2, 0.25) is 5.91 Å². The van der Waals surface area contributed by atoms with E-state index in [9.17, 15) is 19.2 Å². The van der Waals surface area contributed by atoms with E-state index in [1.165, 1.54) is 17.9 Å². The second kappa shape index (κ2) is 15.2. The summed E-state index contributed by atoms with van der Waals surface area (Å²) in [6, 6.07) is 6.45. The Kier molecular flexibility index (Phi) is 10.8. The molecule has 5 rings (SSSR count). The van der Waals surface area contributed by atoms with Gasteiger partial charge >= 0.3 is 0 Å². The molecule has 2 aliphatic rings. The third-order valence-corrected chi connectivity index (χ3v) is 8.21. The van der Waals surface area contributed by atoms with Crippen LogP contribution in [0.1, 0.15) is 63.4 Å². The third-order valence-electron chi connectivity index (χ3n) is 8.21. The minimum absolute atomic E-state index is 0.00283. The maximum absolute atomic E-state index is 13.1. The number of methoxy groups -OCH3 is 1. The Morgan fingerprint density at radius 2 is 1.83 bits per heavy atom. The molecule has 1 aromatic carbocycles. The van der Waals surface area contributed by atoms with Crippen molar-refractivity contribution >= 4 is 47.0 Å². The molecule has 0 radical (unpaired) electrons. The fourth-order valence-corrected chi connectivity index (χ4v) is 5.72. The molecule has 3 aromatic rings. The Balaban J connectivity index is 1.10. The van der Waals surface area contributed by atoms with Crippen molar-refractivity contribution in [2.75, 3.05) is 58.1 Å². The Morgan fingerprint density at radius 3 is 2.60 bits per heavy atom. The van der Waals surface area contributed by atoms with Gasteiger partial charge in [0.15, 0.2) is 17.3 Å². The maximum atomic E-state index is 13.1. The van der Waals surface area contributed by atoms with Crippen LogP contribution in [0, 0.1) is 0 Å². The van der Waals surface area contributed by atoms with Gasteiger partial charge in [0.1, 0.15) is 11.4 Å². The molecule has 1 saturated heterocycles. The summed E-state index contributed by atoms with van der Waals surface area (Å²) in [5.41, 5.74) is 2.11. The first-order valence-electron chi connectivity index (χ1n) is 16.0. The number of anilines is 2. The number of carbonyl (C=O) groups is 4. The highest BCUT2D eigenvalue weighted by atomic mass is 16.5. The number of carbonyl (C=O) groups excluding carboxylic acids is 4. The normalized spacial score (nSPS) is 15.2. The van der Waals surface area contributed by atoms with Crippen molar-refractivity contribution in [1.82, 2.24) is 29.5 Å². The Labute approximate surface area is 279 Å². The number of aliphatic imine (C=N–C) groups is 1. The summed E-state index contributed by atoms with van der Waals surface area (Å²) < 4.78 is 14.4. The van der Waals surface area contributed by atoms with Crippen LogP contribution in [0.2, 0.25) is 0 Å². The molecule has 1 fully saturated rings. The van der Waals surface area contributed by atoms with E-state index in [2.05, 4.69) is 26.0 Å². The minimum atomic E-state index is -0.441. The number of hydrogen-bond acceptors (Lipinski definition) is 9. The topological polar surface area (TPSA) is 164 Å². The summed E-state index contributed by atoms with van der Waals surface area (Å²) in [7, 11) is 8.80. The van der Waals surface area contributed by atoms with Gasteiger partial charge in [-0.3, -0.25) is 28.9 Å². The zero-order chi connectivity index (χ0) is 34.4. The molecule has 2 aromatic heterocycles. The summed E-state index contributed by atoms with van der Waals surface area (Å²) in [6.07, 6.45) is 6.68. The Bertz CT molecular complexity index is 1710. The first-order valence-corrected chi connectivity index (χ1v) is 16.0. The lowest BCUT2D eigenvalue weighted by Crippen LogP contribution is -2.35. The molecule has 3 N–H and O–H groups in total. The van der Waals surface area contributed by atoms with E-state index >= 15 is 0 Å². The first-order chi connectivity index (χ1) is 23.0. The van der Waals surface area contributed by atoms with Crippen molar-refractivity contribution in [2.24, 2.45) is 19.1 Å². The fraction of sp³-hybridized carbons (Fsp3) is 0.455. The molecule has 1 unspecified atom stereocenters. The number of ether oxygens (including phenoxy) is 2. The van der Waals surface area contributed by atoms with Gasteiger partial charge in [0.25, 0.3) is 17.7 Å². The van der Waals surface area contributed by atoms with Gasteiger partial charge in [-0.05, 0) is 58.5 Å². The monoisotopic (exact) mass is 661 g/mol. The molecule has 48 heavy (non-hydrogen) atoms. The van der Waals surface area contributed by atoms with E-state index in [4.69, 9.17) is 9.47 Å². The Morgan fingerprint density at radius 1 is 1.02 bits per heavy atom. The van der Waals surface area contributed by atoms with Gasteiger partial charge < -0.3 is 39.8 Å². The summed E-state index contributed by atoms with van der Waals surface area (Å²) in [6.45, 7) is 2.33. The Hall–Kier alpha value is -5.18. The van der Waals surface area contributed by atoms with Crippen LogP contribution in [0.5, 0.6) is 11.5 Å². The van der Waals surface area contributed by atoms with Gasteiger partial charge in [-0.1, -0.05) is 0 Å². The van der Waals surface area contributed by atoms with E-state index in [-0.39, 0.29) is 48.3 Å². The number of fused-ring (bicyclic) bond motifs is 2. The highest BCUT2D eigenvalue weighted by Crippen LogP contribution is 2.38. The van der Waals surface area contributed by atoms with Crippen LogP contribution in [-0.2, 0) is 18.9 Å². The van der Waals surface area contributed by atoms with Crippen LogP contribution >= 0.6 is 0 Å². The number of nitrogens with one attached hydrogen (secondary N) is 3. The van der Waals surface area contributed by atoms with Crippen LogP contribution in [0.25, 0.3) is 0 Å². The number of benzene rings is 1. The third kappa shape index (κ3) is 8.02. The van der Waals surface area contributed by atoms with Crippen molar-refractivity contribution in [1.29, 1.82) is 0 Å². The maximum Gasteiger partial charge on any atom is 0.274 e. The van der Waals surface area contributed by atoms with Crippen LogP contribution in [0.4, 0.5) is 17.2 Å². The van der Waals surface area contributed by atoms with Crippen LogP contribution in [-0.4, -0.2) is 107 Å². The summed E-state index contributed by atoms with van der Waals surface area (Å²) in [5, 5.41) is 12.7. The van der Waals surface area contributed by atoms with E-state index in [0.29, 0.717) is 53.6 Å². The number of amides is 4. The van der Waals surface area contributed by atoms with E-state index < -0.39 is 5.91 Å². The summed E-state index contributed by atoms with van der Waals surface area (Å²) >= 11 is 0. The molecule has 0 aliphatic carbocycles. The number of nitrogens with zero attached hydrogens (tertiary/aromatic N) is 6. The smallest absolute Gasteiger partial charge is 0.274 e. The van der Waals surface area contributed by atoms with Crippen LogP contribution < -0.4 is 25.4 Å². The van der Waals surface area contributed by atoms with E-state index in [0.717, 1.165) is 25.8 Å². The fourth-order valence-electron chi connectivity index (χ4n) is 5.72. The van der Waals surface area contributed by atoms with Gasteiger partial charge in [-0.2, -0.15) is 5.10 Å². The number of hydrogen-bond donors (Lipinski definition) is 3. The zero-order valence-electron chi connectivity index (χ0n) is 28.0. The number of aryl methyl sites for hydroxylation is 2.